The molecule has 5 aromatic rings. The molecule has 0 aliphatic rings. The summed E-state index contributed by atoms with van der Waals surface area (Å²) in [5.41, 5.74) is 0.796. The lowest BCUT2D eigenvalue weighted by molar-refractivity contribution is 0.0919. The molecular formula is C25H15Cl2FN2O4S. The highest BCUT2D eigenvalue weighted by Crippen LogP contribution is 2.45. The van der Waals surface area contributed by atoms with Crippen LogP contribution in [0.1, 0.15) is 10.4 Å². The molecule has 176 valence electrons. The maximum absolute atomic E-state index is 13.7. The van der Waals surface area contributed by atoms with Gasteiger partial charge in [0.2, 0.25) is 11.7 Å². The number of para-hydroxylation sites is 2. The maximum atomic E-state index is 13.7. The number of Topliss-reactive ketones (excluding diaryl/α,β-unsaturated/α-hetero) is 1. The Morgan fingerprint density at radius 3 is 2.43 bits per heavy atom. The largest absolute Gasteiger partial charge is 0.503 e. The number of ether oxygens (including phenoxy) is 1. The molecule has 0 saturated carbocycles. The van der Waals surface area contributed by atoms with Crippen LogP contribution in [0.15, 0.2) is 66.7 Å². The van der Waals surface area contributed by atoms with Crippen LogP contribution in [0, 0.1) is 5.82 Å². The van der Waals surface area contributed by atoms with Gasteiger partial charge in [0.15, 0.2) is 17.5 Å². The first kappa shape index (κ1) is 23.2. The Bertz CT molecular complexity index is 1580. The quantitative estimate of drug-likeness (QED) is 0.235. The Labute approximate surface area is 212 Å². The van der Waals surface area contributed by atoms with Crippen LogP contribution in [0.25, 0.3) is 26.6 Å². The first-order valence-corrected chi connectivity index (χ1v) is 11.8. The van der Waals surface area contributed by atoms with E-state index in [2.05, 4.69) is 4.98 Å². The summed E-state index contributed by atoms with van der Waals surface area (Å²) >= 11 is 13.6. The summed E-state index contributed by atoms with van der Waals surface area (Å²) in [7, 11) is 0. The Hall–Kier alpha value is -3.59. The molecule has 35 heavy (non-hydrogen) atoms. The number of halogens is 3. The van der Waals surface area contributed by atoms with Crippen LogP contribution in [0.3, 0.4) is 0 Å². The third-order valence-electron chi connectivity index (χ3n) is 5.26. The molecule has 0 unspecified atom stereocenters. The molecule has 0 saturated heterocycles. The number of benzene rings is 3. The van der Waals surface area contributed by atoms with Crippen molar-refractivity contribution in [3.8, 4) is 33.8 Å². The number of carbonyl (C=O) groups excluding carboxylic acids is 1. The first-order chi connectivity index (χ1) is 16.8. The van der Waals surface area contributed by atoms with Crippen molar-refractivity contribution < 1.29 is 24.1 Å². The van der Waals surface area contributed by atoms with Gasteiger partial charge in [-0.3, -0.25) is 9.36 Å². The molecule has 0 bridgehead atoms. The fourth-order valence-corrected chi connectivity index (χ4v) is 5.12. The van der Waals surface area contributed by atoms with Crippen LogP contribution in [-0.4, -0.2) is 32.2 Å². The molecule has 0 spiro atoms. The molecule has 5 rings (SSSR count). The summed E-state index contributed by atoms with van der Waals surface area (Å²) in [5, 5.41) is 22.7. The maximum Gasteiger partial charge on any atom is 0.242 e. The minimum atomic E-state index is -0.651. The topological polar surface area (TPSA) is 84.6 Å². The third kappa shape index (κ3) is 4.20. The van der Waals surface area contributed by atoms with E-state index >= 15 is 0 Å². The van der Waals surface area contributed by atoms with Gasteiger partial charge in [0, 0.05) is 0 Å². The Balaban J connectivity index is 1.66. The Morgan fingerprint density at radius 2 is 1.71 bits per heavy atom. The van der Waals surface area contributed by atoms with Crippen LogP contribution >= 0.6 is 34.5 Å². The summed E-state index contributed by atoms with van der Waals surface area (Å²) < 4.78 is 21.2. The molecule has 2 heterocycles. The second-order valence-electron chi connectivity index (χ2n) is 7.46. The van der Waals surface area contributed by atoms with E-state index < -0.39 is 29.8 Å². The van der Waals surface area contributed by atoms with Crippen LogP contribution in [0.2, 0.25) is 10.0 Å². The van der Waals surface area contributed by atoms with Crippen LogP contribution in [0.4, 0.5) is 4.39 Å². The SMILES string of the molecule is O=C(COc1ccccc1Cl)c1c(O)c(O)n(-c2nc3c(Cl)cccc3s2)c1-c1ccc(F)cc1. The zero-order valence-electron chi connectivity index (χ0n) is 17.7. The van der Waals surface area contributed by atoms with Gasteiger partial charge in [-0.1, -0.05) is 52.7 Å². The van der Waals surface area contributed by atoms with Crippen molar-refractivity contribution in [1.29, 1.82) is 0 Å². The number of carbonyl (C=O) groups is 1. The minimum Gasteiger partial charge on any atom is -0.503 e. The second-order valence-corrected chi connectivity index (χ2v) is 9.29. The number of rotatable bonds is 6. The summed E-state index contributed by atoms with van der Waals surface area (Å²) in [4.78, 5) is 17.8. The zero-order chi connectivity index (χ0) is 24.7. The molecule has 0 atom stereocenters. The molecule has 3 aromatic carbocycles. The molecule has 0 radical (unpaired) electrons. The summed E-state index contributed by atoms with van der Waals surface area (Å²) in [6, 6.07) is 17.2. The number of nitrogens with zero attached hydrogens (tertiary/aromatic N) is 2. The van der Waals surface area contributed by atoms with E-state index in [1.807, 2.05) is 6.07 Å². The van der Waals surface area contributed by atoms with Gasteiger partial charge >= 0.3 is 0 Å². The van der Waals surface area contributed by atoms with Gasteiger partial charge in [0.25, 0.3) is 0 Å². The monoisotopic (exact) mass is 528 g/mol. The Kier molecular flexibility index (Phi) is 6.10. The molecule has 0 aliphatic heterocycles. The number of thiazole rings is 1. The predicted molar refractivity (Wildman–Crippen MR) is 134 cm³/mol. The van der Waals surface area contributed by atoms with Crippen molar-refractivity contribution in [3.63, 3.8) is 0 Å². The third-order valence-corrected chi connectivity index (χ3v) is 6.89. The van der Waals surface area contributed by atoms with Crippen LogP contribution in [-0.2, 0) is 0 Å². The lowest BCUT2D eigenvalue weighted by atomic mass is 10.0. The smallest absolute Gasteiger partial charge is 0.242 e. The van der Waals surface area contributed by atoms with Gasteiger partial charge in [0.1, 0.15) is 17.1 Å². The van der Waals surface area contributed by atoms with Gasteiger partial charge < -0.3 is 14.9 Å². The predicted octanol–water partition coefficient (Wildman–Crippen LogP) is 6.87. The summed E-state index contributed by atoms with van der Waals surface area (Å²) in [6.07, 6.45) is 0. The number of aromatic hydroxyl groups is 2. The van der Waals surface area contributed by atoms with Gasteiger partial charge in [0.05, 0.1) is 26.0 Å². The fraction of sp³-hybridized carbons (Fsp3) is 0.0400. The average molecular weight is 529 g/mol. The molecule has 2 N–H and O–H groups in total. The van der Waals surface area contributed by atoms with Crippen molar-refractivity contribution in [2.45, 2.75) is 0 Å². The number of hydrogen-bond donors (Lipinski definition) is 2. The van der Waals surface area contributed by atoms with E-state index in [1.165, 1.54) is 40.2 Å². The van der Waals surface area contributed by atoms with E-state index in [9.17, 15) is 19.4 Å². The van der Waals surface area contributed by atoms with Gasteiger partial charge in [-0.05, 0) is 54.1 Å². The molecule has 6 nitrogen and oxygen atoms in total. The van der Waals surface area contributed by atoms with Crippen molar-refractivity contribution in [3.05, 3.63) is 88.2 Å². The number of fused-ring (bicyclic) bond motifs is 1. The van der Waals surface area contributed by atoms with Crippen molar-refractivity contribution in [2.24, 2.45) is 0 Å². The standard InChI is InChI=1S/C25H15Cl2FN2O4S/c26-15-4-1-2-6-18(15)34-12-17(31)20-22(13-8-10-14(28)11-9-13)30(24(33)23(20)32)25-29-21-16(27)5-3-7-19(21)35-25/h1-11,32-33H,12H2. The number of ketones is 1. The normalized spacial score (nSPS) is 11.2. The summed E-state index contributed by atoms with van der Waals surface area (Å²) in [5.74, 6) is -2.07. The molecule has 0 aliphatic carbocycles. The van der Waals surface area contributed by atoms with E-state index in [-0.39, 0.29) is 22.1 Å². The van der Waals surface area contributed by atoms with E-state index in [0.717, 1.165) is 4.70 Å². The van der Waals surface area contributed by atoms with Gasteiger partial charge in [-0.15, -0.1) is 0 Å². The highest BCUT2D eigenvalue weighted by atomic mass is 35.5. The molecule has 2 aromatic heterocycles. The van der Waals surface area contributed by atoms with E-state index in [1.54, 1.807) is 36.4 Å². The lowest BCUT2D eigenvalue weighted by Gasteiger charge is -2.10. The fourth-order valence-electron chi connectivity index (χ4n) is 3.66. The van der Waals surface area contributed by atoms with Crippen LogP contribution in [0.5, 0.6) is 17.4 Å². The lowest BCUT2D eigenvalue weighted by Crippen LogP contribution is -2.13. The van der Waals surface area contributed by atoms with Crippen molar-refractivity contribution >= 4 is 50.5 Å². The highest BCUT2D eigenvalue weighted by Gasteiger charge is 2.31. The van der Waals surface area contributed by atoms with Gasteiger partial charge in [-0.25, -0.2) is 9.37 Å². The zero-order valence-corrected chi connectivity index (χ0v) is 20.0. The van der Waals surface area contributed by atoms with E-state index in [4.69, 9.17) is 27.9 Å². The van der Waals surface area contributed by atoms with Crippen LogP contribution < -0.4 is 4.74 Å². The van der Waals surface area contributed by atoms with E-state index in [0.29, 0.717) is 21.1 Å². The van der Waals surface area contributed by atoms with Crippen molar-refractivity contribution in [2.75, 3.05) is 6.61 Å². The summed E-state index contributed by atoms with van der Waals surface area (Å²) in [6.45, 7) is -0.472. The first-order valence-electron chi connectivity index (χ1n) is 10.2. The minimum absolute atomic E-state index is 0.128. The van der Waals surface area contributed by atoms with Gasteiger partial charge in [-0.2, -0.15) is 0 Å². The number of aromatic nitrogens is 2. The molecule has 10 heteroatoms. The highest BCUT2D eigenvalue weighted by molar-refractivity contribution is 7.21. The molecule has 0 amide bonds. The average Bonchev–Trinajstić information content (AvgIpc) is 3.39. The number of hydrogen-bond acceptors (Lipinski definition) is 6. The second kappa shape index (κ2) is 9.22. The Morgan fingerprint density at radius 1 is 1.00 bits per heavy atom. The van der Waals surface area contributed by atoms with Crippen molar-refractivity contribution in [1.82, 2.24) is 9.55 Å². The molecule has 0 fully saturated rings. The molecular weight excluding hydrogens is 514 g/mol.